The predicted molar refractivity (Wildman–Crippen MR) is 78.6 cm³/mol. The van der Waals surface area contributed by atoms with Crippen molar-refractivity contribution in [1.82, 2.24) is 19.8 Å². The Bertz CT molecular complexity index is 546. The van der Waals surface area contributed by atoms with E-state index in [0.29, 0.717) is 31.3 Å². The molecule has 1 saturated heterocycles. The third-order valence-corrected chi connectivity index (χ3v) is 3.38. The molecule has 0 saturated carbocycles. The highest BCUT2D eigenvalue weighted by molar-refractivity contribution is 6.35. The van der Waals surface area contributed by atoms with E-state index in [1.165, 1.54) is 4.90 Å². The molecule has 7 heteroatoms. The molecule has 1 aliphatic rings. The normalized spacial score (nSPS) is 15.6. The summed E-state index contributed by atoms with van der Waals surface area (Å²) in [6.07, 6.45) is 0.853. The molecule has 2 heterocycles. The molecule has 0 unspecified atom stereocenters. The van der Waals surface area contributed by atoms with Crippen molar-refractivity contribution in [2.45, 2.75) is 26.8 Å². The van der Waals surface area contributed by atoms with Crippen LogP contribution in [0, 0.1) is 6.92 Å². The minimum Gasteiger partial charge on any atom is -0.373 e. The topological polar surface area (TPSA) is 78.4 Å². The van der Waals surface area contributed by atoms with Crippen LogP contribution in [0.3, 0.4) is 0 Å². The number of amides is 2. The Kier molecular flexibility index (Phi) is 4.72. The fourth-order valence-corrected chi connectivity index (χ4v) is 2.35. The maximum absolute atomic E-state index is 12.1. The van der Waals surface area contributed by atoms with Gasteiger partial charge in [-0.05, 0) is 13.3 Å². The molecule has 0 aliphatic carbocycles. The smallest absolute Gasteiger partial charge is 0.312 e. The lowest BCUT2D eigenvalue weighted by Gasteiger charge is -2.33. The molecule has 0 aromatic carbocycles. The van der Waals surface area contributed by atoms with E-state index in [4.69, 9.17) is 0 Å². The average Bonchev–Trinajstić information content (AvgIpc) is 2.46. The molecule has 2 rings (SSSR count). The number of aromatic nitrogens is 2. The molecule has 7 nitrogen and oxygen atoms in total. The molecule has 0 atom stereocenters. The largest absolute Gasteiger partial charge is 0.373 e. The Labute approximate surface area is 124 Å². The van der Waals surface area contributed by atoms with Gasteiger partial charge in [0, 0.05) is 38.4 Å². The van der Waals surface area contributed by atoms with Crippen LogP contribution in [-0.4, -0.2) is 58.3 Å². The molecule has 0 bridgehead atoms. The monoisotopic (exact) mass is 291 g/mol. The Morgan fingerprint density at radius 3 is 2.52 bits per heavy atom. The third kappa shape index (κ3) is 3.48. The van der Waals surface area contributed by atoms with Crippen LogP contribution in [0.5, 0.6) is 0 Å². The van der Waals surface area contributed by atoms with Gasteiger partial charge in [-0.2, -0.15) is 0 Å². The number of hydrogen-bond acceptors (Lipinski definition) is 5. The summed E-state index contributed by atoms with van der Waals surface area (Å²) in [4.78, 5) is 35.9. The lowest BCUT2D eigenvalue weighted by molar-refractivity contribution is -0.156. The first kappa shape index (κ1) is 15.2. The fourth-order valence-electron chi connectivity index (χ4n) is 2.35. The minimum absolute atomic E-state index is 0.265. The maximum Gasteiger partial charge on any atom is 0.312 e. The summed E-state index contributed by atoms with van der Waals surface area (Å²) in [6.45, 7) is 5.85. The van der Waals surface area contributed by atoms with Gasteiger partial charge in [-0.15, -0.1) is 0 Å². The molecule has 1 aromatic rings. The van der Waals surface area contributed by atoms with Crippen LogP contribution in [0.1, 0.15) is 24.9 Å². The van der Waals surface area contributed by atoms with Crippen molar-refractivity contribution < 1.29 is 9.59 Å². The van der Waals surface area contributed by atoms with Gasteiger partial charge >= 0.3 is 11.8 Å². The van der Waals surface area contributed by atoms with Crippen LogP contribution in [0.2, 0.25) is 0 Å². The molecule has 0 spiro atoms. The summed E-state index contributed by atoms with van der Waals surface area (Å²) >= 11 is 0. The average molecular weight is 291 g/mol. The number of anilines is 1. The number of nitrogens with one attached hydrogen (secondary N) is 1. The van der Waals surface area contributed by atoms with Crippen molar-refractivity contribution in [1.29, 1.82) is 0 Å². The second-order valence-corrected chi connectivity index (χ2v) is 5.08. The predicted octanol–water partition coefficient (Wildman–Crippen LogP) is 0.408. The van der Waals surface area contributed by atoms with E-state index in [-0.39, 0.29) is 6.54 Å². The van der Waals surface area contributed by atoms with Crippen molar-refractivity contribution in [2.75, 3.05) is 32.0 Å². The second-order valence-electron chi connectivity index (χ2n) is 5.08. The Morgan fingerprint density at radius 2 is 1.86 bits per heavy atom. The highest BCUT2D eigenvalue weighted by atomic mass is 16.2. The highest BCUT2D eigenvalue weighted by Crippen LogP contribution is 2.11. The summed E-state index contributed by atoms with van der Waals surface area (Å²) in [5.41, 5.74) is 0.827. The third-order valence-electron chi connectivity index (χ3n) is 3.38. The SMILES string of the molecule is CCCN1CCN(Cc2nc(C)cc(NC)n2)C(=O)C1=O. The van der Waals surface area contributed by atoms with Crippen molar-refractivity contribution >= 4 is 17.6 Å². The molecule has 1 aliphatic heterocycles. The molecule has 1 N–H and O–H groups in total. The van der Waals surface area contributed by atoms with Gasteiger partial charge in [0.25, 0.3) is 0 Å². The highest BCUT2D eigenvalue weighted by Gasteiger charge is 2.32. The number of nitrogens with zero attached hydrogens (tertiary/aromatic N) is 4. The van der Waals surface area contributed by atoms with Crippen LogP contribution in [0.15, 0.2) is 6.07 Å². The van der Waals surface area contributed by atoms with E-state index in [2.05, 4.69) is 15.3 Å². The van der Waals surface area contributed by atoms with Gasteiger partial charge in [-0.1, -0.05) is 6.92 Å². The van der Waals surface area contributed by atoms with Crippen LogP contribution in [-0.2, 0) is 16.1 Å². The van der Waals surface area contributed by atoms with Gasteiger partial charge < -0.3 is 15.1 Å². The Morgan fingerprint density at radius 1 is 1.19 bits per heavy atom. The fraction of sp³-hybridized carbons (Fsp3) is 0.571. The van der Waals surface area contributed by atoms with E-state index >= 15 is 0 Å². The lowest BCUT2D eigenvalue weighted by Crippen LogP contribution is -2.54. The first-order valence-electron chi connectivity index (χ1n) is 7.15. The maximum atomic E-state index is 12.1. The van der Waals surface area contributed by atoms with Crippen LogP contribution < -0.4 is 5.32 Å². The summed E-state index contributed by atoms with van der Waals surface area (Å²) < 4.78 is 0. The van der Waals surface area contributed by atoms with Crippen LogP contribution in [0.4, 0.5) is 5.82 Å². The first-order valence-corrected chi connectivity index (χ1v) is 7.15. The van der Waals surface area contributed by atoms with Gasteiger partial charge in [-0.25, -0.2) is 9.97 Å². The zero-order valence-electron chi connectivity index (χ0n) is 12.7. The molecular weight excluding hydrogens is 270 g/mol. The van der Waals surface area contributed by atoms with E-state index < -0.39 is 11.8 Å². The molecule has 21 heavy (non-hydrogen) atoms. The summed E-state index contributed by atoms with van der Waals surface area (Å²) in [6, 6.07) is 1.83. The summed E-state index contributed by atoms with van der Waals surface area (Å²) in [5, 5.41) is 2.96. The molecular formula is C14H21N5O2. The number of carbonyl (C=O) groups is 2. The standard InChI is InChI=1S/C14H21N5O2/c1-4-5-18-6-7-19(14(21)13(18)20)9-12-16-10(2)8-11(15-3)17-12/h8H,4-7,9H2,1-3H3,(H,15,16,17). The van der Waals surface area contributed by atoms with E-state index in [1.807, 2.05) is 19.9 Å². The quantitative estimate of drug-likeness (QED) is 0.795. The van der Waals surface area contributed by atoms with E-state index in [9.17, 15) is 9.59 Å². The van der Waals surface area contributed by atoms with Gasteiger partial charge in [0.15, 0.2) is 0 Å². The zero-order chi connectivity index (χ0) is 15.4. The van der Waals surface area contributed by atoms with E-state index in [1.54, 1.807) is 11.9 Å². The van der Waals surface area contributed by atoms with Crippen molar-refractivity contribution in [3.05, 3.63) is 17.6 Å². The van der Waals surface area contributed by atoms with Crippen molar-refractivity contribution in [3.8, 4) is 0 Å². The zero-order valence-corrected chi connectivity index (χ0v) is 12.7. The van der Waals surface area contributed by atoms with E-state index in [0.717, 1.165) is 12.1 Å². The molecule has 1 aromatic heterocycles. The Balaban J connectivity index is 2.09. The molecule has 114 valence electrons. The molecule has 2 amide bonds. The number of hydrogen-bond donors (Lipinski definition) is 1. The van der Waals surface area contributed by atoms with Gasteiger partial charge in [-0.3, -0.25) is 9.59 Å². The van der Waals surface area contributed by atoms with Crippen LogP contribution >= 0.6 is 0 Å². The van der Waals surface area contributed by atoms with Gasteiger partial charge in [0.05, 0.1) is 6.54 Å². The second kappa shape index (κ2) is 6.51. The Hall–Kier alpha value is -2.18. The number of piperazine rings is 1. The summed E-state index contributed by atoms with van der Waals surface area (Å²) in [5.74, 6) is 0.362. The molecule has 0 radical (unpaired) electrons. The first-order chi connectivity index (χ1) is 10.0. The summed E-state index contributed by atoms with van der Waals surface area (Å²) in [7, 11) is 1.78. The van der Waals surface area contributed by atoms with Crippen molar-refractivity contribution in [3.63, 3.8) is 0 Å². The lowest BCUT2D eigenvalue weighted by atomic mass is 10.2. The van der Waals surface area contributed by atoms with Crippen molar-refractivity contribution in [2.24, 2.45) is 0 Å². The number of aryl methyl sites for hydroxylation is 1. The van der Waals surface area contributed by atoms with Gasteiger partial charge in [0.1, 0.15) is 11.6 Å². The van der Waals surface area contributed by atoms with Crippen LogP contribution in [0.25, 0.3) is 0 Å². The van der Waals surface area contributed by atoms with Gasteiger partial charge in [0.2, 0.25) is 0 Å². The molecule has 1 fully saturated rings. The number of carbonyl (C=O) groups excluding carboxylic acids is 2. The minimum atomic E-state index is -0.467. The number of rotatable bonds is 5.